The minimum Gasteiger partial charge on any atom is -0.311 e. The predicted octanol–water partition coefficient (Wildman–Crippen LogP) is 6.46. The van der Waals surface area contributed by atoms with E-state index >= 15 is 0 Å². The predicted molar refractivity (Wildman–Crippen MR) is 112 cm³/mol. The van der Waals surface area contributed by atoms with Gasteiger partial charge < -0.3 is 4.90 Å². The van der Waals surface area contributed by atoms with Crippen molar-refractivity contribution in [2.24, 2.45) is 0 Å². The molecular weight excluding hydrogens is 374 g/mol. The molecule has 0 saturated heterocycles. The van der Waals surface area contributed by atoms with Gasteiger partial charge in [-0.05, 0) is 48.5 Å². The first-order chi connectivity index (χ1) is 11.4. The maximum absolute atomic E-state index is 3.52. The number of benzene rings is 3. The lowest BCUT2D eigenvalue weighted by Gasteiger charge is -2.26. The van der Waals surface area contributed by atoms with E-state index in [1.807, 2.05) is 0 Å². The van der Waals surface area contributed by atoms with Crippen LogP contribution in [0.1, 0.15) is 0 Å². The molecule has 0 unspecified atom stereocenters. The molecule has 24 heavy (non-hydrogen) atoms. The monoisotopic (exact) mass is 395 g/mol. The van der Waals surface area contributed by atoms with E-state index in [0.29, 0.717) is 0 Å². The lowest BCUT2D eigenvalue weighted by atomic mass is 10.2. The highest BCUT2D eigenvalue weighted by Crippen LogP contribution is 2.34. The molecule has 0 spiro atoms. The highest BCUT2D eigenvalue weighted by atomic mass is 79.9. The molecule has 0 amide bonds. The quantitative estimate of drug-likeness (QED) is 0.457. The topological polar surface area (TPSA) is 3.24 Å². The molecule has 0 fully saturated rings. The summed E-state index contributed by atoms with van der Waals surface area (Å²) in [6.45, 7) is 7.14. The smallest absolute Gasteiger partial charge is 0.0775 e. The van der Waals surface area contributed by atoms with Crippen LogP contribution < -0.4 is 10.1 Å². The molecule has 0 N–H and O–H groups in total. The van der Waals surface area contributed by atoms with Gasteiger partial charge in [0.05, 0.1) is 8.07 Å². The van der Waals surface area contributed by atoms with Gasteiger partial charge in [-0.15, -0.1) is 0 Å². The first-order valence-electron chi connectivity index (χ1n) is 8.16. The van der Waals surface area contributed by atoms with E-state index < -0.39 is 8.07 Å². The third-order valence-corrected chi connectivity index (χ3v) is 6.68. The zero-order valence-corrected chi connectivity index (χ0v) is 16.9. The number of hydrogen-bond acceptors (Lipinski definition) is 1. The number of hydrogen-bond donors (Lipinski definition) is 0. The average Bonchev–Trinajstić information content (AvgIpc) is 2.58. The summed E-state index contributed by atoms with van der Waals surface area (Å²) >= 11 is 3.52. The van der Waals surface area contributed by atoms with Crippen molar-refractivity contribution in [2.75, 3.05) is 4.90 Å². The Labute approximate surface area is 154 Å². The molecule has 0 saturated carbocycles. The van der Waals surface area contributed by atoms with Crippen LogP contribution in [-0.2, 0) is 0 Å². The van der Waals surface area contributed by atoms with Crippen LogP contribution in [-0.4, -0.2) is 8.07 Å². The largest absolute Gasteiger partial charge is 0.311 e. The summed E-state index contributed by atoms with van der Waals surface area (Å²) in [4.78, 5) is 2.29. The summed E-state index contributed by atoms with van der Waals surface area (Å²) in [6.07, 6.45) is 0. The molecule has 122 valence electrons. The Hall–Kier alpha value is -1.84. The third-order valence-electron chi connectivity index (χ3n) is 4.09. The van der Waals surface area contributed by atoms with Gasteiger partial charge in [0, 0.05) is 21.5 Å². The van der Waals surface area contributed by atoms with Crippen LogP contribution in [0.4, 0.5) is 17.1 Å². The van der Waals surface area contributed by atoms with Gasteiger partial charge >= 0.3 is 0 Å². The van der Waals surface area contributed by atoms with E-state index in [0.717, 1.165) is 10.2 Å². The Bertz CT molecular complexity index is 790. The first-order valence-corrected chi connectivity index (χ1v) is 12.5. The zero-order chi connectivity index (χ0) is 17.2. The fraction of sp³-hybridized carbons (Fsp3) is 0.143. The van der Waals surface area contributed by atoms with Crippen molar-refractivity contribution in [3.63, 3.8) is 0 Å². The molecule has 3 rings (SSSR count). The number of rotatable bonds is 4. The van der Waals surface area contributed by atoms with E-state index in [9.17, 15) is 0 Å². The second-order valence-corrected chi connectivity index (χ2v) is 12.9. The SMILES string of the molecule is C[Si](C)(C)c1ccc(N(c2ccccc2)c2ccc(Br)cc2)cc1. The van der Waals surface area contributed by atoms with Gasteiger partial charge in [-0.1, -0.05) is 71.1 Å². The highest BCUT2D eigenvalue weighted by Gasteiger charge is 2.17. The van der Waals surface area contributed by atoms with Crippen LogP contribution in [0.5, 0.6) is 0 Å². The Morgan fingerprint density at radius 3 is 1.58 bits per heavy atom. The molecule has 0 aliphatic carbocycles. The van der Waals surface area contributed by atoms with Gasteiger partial charge in [0.1, 0.15) is 0 Å². The van der Waals surface area contributed by atoms with Crippen LogP contribution >= 0.6 is 15.9 Å². The molecule has 0 atom stereocenters. The van der Waals surface area contributed by atoms with Crippen molar-refractivity contribution >= 4 is 46.3 Å². The first kappa shape index (κ1) is 17.0. The van der Waals surface area contributed by atoms with Crippen molar-refractivity contribution in [1.29, 1.82) is 0 Å². The molecule has 3 aromatic rings. The molecule has 0 radical (unpaired) electrons. The van der Waals surface area contributed by atoms with Crippen LogP contribution in [0.2, 0.25) is 19.6 Å². The number of halogens is 1. The van der Waals surface area contributed by atoms with Crippen molar-refractivity contribution in [3.05, 3.63) is 83.3 Å². The third kappa shape index (κ3) is 3.79. The van der Waals surface area contributed by atoms with Crippen LogP contribution in [0.3, 0.4) is 0 Å². The Kier molecular flexibility index (Phi) is 4.92. The van der Waals surface area contributed by atoms with Crippen LogP contribution in [0.15, 0.2) is 83.3 Å². The Morgan fingerprint density at radius 2 is 1.08 bits per heavy atom. The lowest BCUT2D eigenvalue weighted by molar-refractivity contribution is 1.28. The summed E-state index contributed by atoms with van der Waals surface area (Å²) in [7, 11) is -1.28. The highest BCUT2D eigenvalue weighted by molar-refractivity contribution is 9.10. The Morgan fingerprint density at radius 1 is 0.625 bits per heavy atom. The molecule has 3 heteroatoms. The standard InChI is InChI=1S/C21H22BrNSi/c1-24(2,3)21-15-13-20(14-16-21)23(18-7-5-4-6-8-18)19-11-9-17(22)10-12-19/h4-16H,1-3H3. The fourth-order valence-corrected chi connectivity index (χ4v) is 4.16. The summed E-state index contributed by atoms with van der Waals surface area (Å²) in [6, 6.07) is 28.0. The van der Waals surface area contributed by atoms with Crippen molar-refractivity contribution in [3.8, 4) is 0 Å². The van der Waals surface area contributed by atoms with E-state index in [1.54, 1.807) is 0 Å². The summed E-state index contributed by atoms with van der Waals surface area (Å²) in [5.41, 5.74) is 3.51. The number of anilines is 3. The maximum Gasteiger partial charge on any atom is 0.0775 e. The van der Waals surface area contributed by atoms with Gasteiger partial charge in [0.25, 0.3) is 0 Å². The molecule has 0 aliphatic heterocycles. The van der Waals surface area contributed by atoms with E-state index in [-0.39, 0.29) is 0 Å². The van der Waals surface area contributed by atoms with Gasteiger partial charge in [0.15, 0.2) is 0 Å². The van der Waals surface area contributed by atoms with Gasteiger partial charge in [-0.25, -0.2) is 0 Å². The molecular formula is C21H22BrNSi. The summed E-state index contributed by atoms with van der Waals surface area (Å²) in [5, 5.41) is 1.48. The molecule has 0 bridgehead atoms. The summed E-state index contributed by atoms with van der Waals surface area (Å²) in [5.74, 6) is 0. The molecule has 0 aliphatic rings. The normalized spacial score (nSPS) is 11.3. The maximum atomic E-state index is 3.52. The van der Waals surface area contributed by atoms with Gasteiger partial charge in [-0.2, -0.15) is 0 Å². The molecule has 3 aromatic carbocycles. The minimum atomic E-state index is -1.28. The second kappa shape index (κ2) is 6.95. The van der Waals surface area contributed by atoms with Crippen LogP contribution in [0.25, 0.3) is 0 Å². The fourth-order valence-electron chi connectivity index (χ4n) is 2.72. The van der Waals surface area contributed by atoms with Gasteiger partial charge in [-0.3, -0.25) is 0 Å². The van der Waals surface area contributed by atoms with E-state index in [1.165, 1.54) is 16.6 Å². The summed E-state index contributed by atoms with van der Waals surface area (Å²) < 4.78 is 1.09. The molecule has 0 aromatic heterocycles. The average molecular weight is 396 g/mol. The second-order valence-electron chi connectivity index (χ2n) is 6.94. The minimum absolute atomic E-state index is 1.09. The molecule has 0 heterocycles. The van der Waals surface area contributed by atoms with Crippen molar-refractivity contribution in [2.45, 2.75) is 19.6 Å². The Balaban J connectivity index is 2.06. The number of para-hydroxylation sites is 1. The van der Waals surface area contributed by atoms with E-state index in [2.05, 4.69) is 119 Å². The van der Waals surface area contributed by atoms with Crippen LogP contribution in [0, 0.1) is 0 Å². The van der Waals surface area contributed by atoms with Gasteiger partial charge in [0.2, 0.25) is 0 Å². The molecule has 1 nitrogen and oxygen atoms in total. The van der Waals surface area contributed by atoms with E-state index in [4.69, 9.17) is 0 Å². The van der Waals surface area contributed by atoms with Crippen molar-refractivity contribution in [1.82, 2.24) is 0 Å². The van der Waals surface area contributed by atoms with Crippen molar-refractivity contribution < 1.29 is 0 Å². The lowest BCUT2D eigenvalue weighted by Crippen LogP contribution is -2.37. The number of nitrogens with zero attached hydrogens (tertiary/aromatic N) is 1. The zero-order valence-electron chi connectivity index (χ0n) is 14.3.